The van der Waals surface area contributed by atoms with Gasteiger partial charge in [0.05, 0.1) is 0 Å². The molecule has 0 N–H and O–H groups in total. The highest BCUT2D eigenvalue weighted by Crippen LogP contribution is 2.64. The van der Waals surface area contributed by atoms with Crippen molar-refractivity contribution in [1.82, 2.24) is 0 Å². The average Bonchev–Trinajstić information content (AvgIpc) is 2.26. The van der Waals surface area contributed by atoms with E-state index in [0.29, 0.717) is 0 Å². The smallest absolute Gasteiger partial charge is 0.173 e. The van der Waals surface area contributed by atoms with Gasteiger partial charge in [-0.15, -0.1) is 0 Å². The molecule has 0 amide bonds. The predicted octanol–water partition coefficient (Wildman–Crippen LogP) is 2.35. The fraction of sp³-hybridized carbons (Fsp3) is 0.900. The molecular weight excluding hydrogens is 155 g/mol. The molecule has 2 fully saturated rings. The van der Waals surface area contributed by atoms with E-state index in [-0.39, 0.29) is 22.5 Å². The Morgan fingerprint density at radius 1 is 1.42 bits per heavy atom. The van der Waals surface area contributed by atoms with Crippen LogP contribution in [-0.2, 0) is 4.79 Å². The van der Waals surface area contributed by atoms with E-state index >= 15 is 0 Å². The van der Waals surface area contributed by atoms with Crippen LogP contribution in [0.4, 0.5) is 4.39 Å². The van der Waals surface area contributed by atoms with Gasteiger partial charge in [0.2, 0.25) is 0 Å². The molecule has 0 spiro atoms. The second-order valence-electron chi connectivity index (χ2n) is 4.96. The molecule has 0 saturated heterocycles. The lowest BCUT2D eigenvalue weighted by Gasteiger charge is -2.31. The lowest BCUT2D eigenvalue weighted by atomic mass is 9.70. The van der Waals surface area contributed by atoms with Gasteiger partial charge in [-0.1, -0.05) is 20.8 Å². The van der Waals surface area contributed by atoms with E-state index in [1.165, 1.54) is 0 Å². The van der Waals surface area contributed by atoms with Crippen LogP contribution in [-0.4, -0.2) is 12.0 Å². The van der Waals surface area contributed by atoms with Gasteiger partial charge in [-0.3, -0.25) is 4.79 Å². The molecule has 2 aliphatic carbocycles. The summed E-state index contributed by atoms with van der Waals surface area (Å²) >= 11 is 0. The van der Waals surface area contributed by atoms with Crippen LogP contribution in [0.3, 0.4) is 0 Å². The van der Waals surface area contributed by atoms with E-state index in [0.717, 1.165) is 12.8 Å². The van der Waals surface area contributed by atoms with Gasteiger partial charge in [0.1, 0.15) is 0 Å². The molecule has 0 aromatic carbocycles. The minimum atomic E-state index is -1.18. The molecule has 2 rings (SSSR count). The van der Waals surface area contributed by atoms with Gasteiger partial charge >= 0.3 is 0 Å². The van der Waals surface area contributed by atoms with Crippen LogP contribution in [0.2, 0.25) is 0 Å². The van der Waals surface area contributed by atoms with Crippen molar-refractivity contribution in [2.75, 3.05) is 0 Å². The molecule has 0 heterocycles. The molecular formula is C10H15FO. The van der Waals surface area contributed by atoms with E-state index < -0.39 is 6.17 Å². The van der Waals surface area contributed by atoms with Crippen LogP contribution in [0.15, 0.2) is 0 Å². The summed E-state index contributed by atoms with van der Waals surface area (Å²) in [4.78, 5) is 11.5. The van der Waals surface area contributed by atoms with Crippen molar-refractivity contribution >= 4 is 5.78 Å². The predicted molar refractivity (Wildman–Crippen MR) is 44.5 cm³/mol. The Hall–Kier alpha value is -0.400. The number of hydrogen-bond donors (Lipinski definition) is 0. The van der Waals surface area contributed by atoms with Crippen LogP contribution >= 0.6 is 0 Å². The van der Waals surface area contributed by atoms with Gasteiger partial charge in [0.25, 0.3) is 0 Å². The molecule has 68 valence electrons. The summed E-state index contributed by atoms with van der Waals surface area (Å²) in [6.07, 6.45) is 0.582. The van der Waals surface area contributed by atoms with Crippen LogP contribution < -0.4 is 0 Å². The molecule has 2 aliphatic rings. The Kier molecular flexibility index (Phi) is 1.31. The van der Waals surface area contributed by atoms with Crippen LogP contribution in [0.1, 0.15) is 33.6 Å². The lowest BCUT2D eigenvalue weighted by molar-refractivity contribution is -0.132. The Morgan fingerprint density at radius 3 is 2.25 bits per heavy atom. The second kappa shape index (κ2) is 1.91. The van der Waals surface area contributed by atoms with Crippen molar-refractivity contribution in [3.8, 4) is 0 Å². The van der Waals surface area contributed by atoms with Crippen molar-refractivity contribution < 1.29 is 9.18 Å². The zero-order chi connectivity index (χ0) is 9.15. The van der Waals surface area contributed by atoms with Crippen molar-refractivity contribution in [3.63, 3.8) is 0 Å². The minimum absolute atomic E-state index is 0.0185. The highest BCUT2D eigenvalue weighted by atomic mass is 19.1. The number of carbonyl (C=O) groups excluding carboxylic acids is 1. The van der Waals surface area contributed by atoms with Gasteiger partial charge in [-0.2, -0.15) is 0 Å². The molecule has 0 aromatic heterocycles. The molecule has 2 saturated carbocycles. The van der Waals surface area contributed by atoms with Crippen LogP contribution in [0.5, 0.6) is 0 Å². The highest BCUT2D eigenvalue weighted by Gasteiger charge is 2.66. The summed E-state index contributed by atoms with van der Waals surface area (Å²) in [5.74, 6) is -0.168. The van der Waals surface area contributed by atoms with Crippen molar-refractivity contribution in [1.29, 1.82) is 0 Å². The Balaban J connectivity index is 2.50. The first-order valence-electron chi connectivity index (χ1n) is 4.59. The average molecular weight is 170 g/mol. The molecule has 2 bridgehead atoms. The number of rotatable bonds is 0. The van der Waals surface area contributed by atoms with E-state index in [1.807, 2.05) is 20.8 Å². The van der Waals surface area contributed by atoms with E-state index in [2.05, 4.69) is 0 Å². The normalized spacial score (nSPS) is 50.2. The molecule has 3 atom stereocenters. The van der Waals surface area contributed by atoms with Crippen molar-refractivity contribution in [2.45, 2.75) is 39.8 Å². The van der Waals surface area contributed by atoms with Gasteiger partial charge in [0, 0.05) is 11.3 Å². The fourth-order valence-corrected chi connectivity index (χ4v) is 2.98. The molecule has 3 unspecified atom stereocenters. The quantitative estimate of drug-likeness (QED) is 0.545. The summed E-state index contributed by atoms with van der Waals surface area (Å²) in [7, 11) is 0. The maximum absolute atomic E-state index is 13.4. The zero-order valence-corrected chi connectivity index (χ0v) is 7.86. The number of fused-ring (bicyclic) bond motifs is 2. The van der Waals surface area contributed by atoms with Gasteiger partial charge in [0.15, 0.2) is 12.0 Å². The van der Waals surface area contributed by atoms with Gasteiger partial charge < -0.3 is 0 Å². The first kappa shape index (κ1) is 8.21. The third kappa shape index (κ3) is 0.593. The third-order valence-electron chi connectivity index (χ3n) is 4.45. The summed E-state index contributed by atoms with van der Waals surface area (Å²) < 4.78 is 13.4. The van der Waals surface area contributed by atoms with E-state index in [1.54, 1.807) is 0 Å². The molecule has 1 nitrogen and oxygen atoms in total. The fourth-order valence-electron chi connectivity index (χ4n) is 2.98. The summed E-state index contributed by atoms with van der Waals surface area (Å²) in [6, 6.07) is 0. The zero-order valence-electron chi connectivity index (χ0n) is 7.86. The van der Waals surface area contributed by atoms with Crippen molar-refractivity contribution in [2.24, 2.45) is 16.7 Å². The standard InChI is InChI=1S/C10H15FO/c1-9(2)6-4-5-10(9,3)8(12)7(6)11/h6-7H,4-5H2,1-3H3. The second-order valence-corrected chi connectivity index (χ2v) is 4.96. The number of ketones is 1. The number of hydrogen-bond acceptors (Lipinski definition) is 1. The Labute approximate surface area is 72.3 Å². The summed E-state index contributed by atoms with van der Waals surface area (Å²) in [6.45, 7) is 5.99. The monoisotopic (exact) mass is 170 g/mol. The third-order valence-corrected chi connectivity index (χ3v) is 4.45. The van der Waals surface area contributed by atoms with Crippen LogP contribution in [0, 0.1) is 16.7 Å². The van der Waals surface area contributed by atoms with Crippen molar-refractivity contribution in [3.05, 3.63) is 0 Å². The highest BCUT2D eigenvalue weighted by molar-refractivity contribution is 5.93. The Bertz CT molecular complexity index is 246. The molecule has 12 heavy (non-hydrogen) atoms. The van der Waals surface area contributed by atoms with E-state index in [9.17, 15) is 9.18 Å². The van der Waals surface area contributed by atoms with Crippen LogP contribution in [0.25, 0.3) is 0 Å². The topological polar surface area (TPSA) is 17.1 Å². The molecule has 0 aliphatic heterocycles. The summed E-state index contributed by atoms with van der Waals surface area (Å²) in [5, 5.41) is 0. The van der Waals surface area contributed by atoms with Gasteiger partial charge in [-0.25, -0.2) is 4.39 Å². The molecule has 0 radical (unpaired) electrons. The first-order valence-corrected chi connectivity index (χ1v) is 4.59. The van der Waals surface area contributed by atoms with Gasteiger partial charge in [-0.05, 0) is 18.3 Å². The number of Topliss-reactive ketones (excluding diaryl/α,β-unsaturated/α-hetero) is 1. The SMILES string of the molecule is CC12CCC(C(F)C1=O)C2(C)C. The largest absolute Gasteiger partial charge is 0.296 e. The minimum Gasteiger partial charge on any atom is -0.296 e. The maximum atomic E-state index is 13.4. The number of halogens is 1. The Morgan fingerprint density at radius 2 is 2.00 bits per heavy atom. The number of alkyl halides is 1. The molecule has 0 aromatic rings. The first-order chi connectivity index (χ1) is 5.41. The summed E-state index contributed by atoms with van der Waals surface area (Å²) in [5.41, 5.74) is -0.499. The maximum Gasteiger partial charge on any atom is 0.173 e. The number of carbonyl (C=O) groups is 1. The lowest BCUT2D eigenvalue weighted by Crippen LogP contribution is -2.33. The molecule has 2 heteroatoms. The van der Waals surface area contributed by atoms with E-state index in [4.69, 9.17) is 0 Å².